The fourth-order valence-electron chi connectivity index (χ4n) is 3.70. The first-order valence-corrected chi connectivity index (χ1v) is 11.0. The smallest absolute Gasteiger partial charge is 0.262 e. The van der Waals surface area contributed by atoms with Crippen molar-refractivity contribution in [1.29, 1.82) is 0 Å². The standard InChI is InChI=1S/C22H24N4O3S/c27-19(8-12-26-15-24-21-18(22(26)29)9-13-30-21)23-10-3-6-20(28)25-11-7-16-4-1-2-5-17(16)14-25/h1-2,4-5,9,13,15H,3,6-8,10-12,14H2,(H,23,27). The Labute approximate surface area is 178 Å². The molecule has 0 radical (unpaired) electrons. The summed E-state index contributed by atoms with van der Waals surface area (Å²) in [5.74, 6) is -0.00731. The fourth-order valence-corrected chi connectivity index (χ4v) is 4.42. The molecule has 0 atom stereocenters. The van der Waals surface area contributed by atoms with E-state index in [0.717, 1.165) is 13.0 Å². The maximum Gasteiger partial charge on any atom is 0.262 e. The lowest BCUT2D eigenvalue weighted by molar-refractivity contribution is -0.132. The Morgan fingerprint density at radius 1 is 1.13 bits per heavy atom. The van der Waals surface area contributed by atoms with E-state index in [-0.39, 0.29) is 30.3 Å². The molecule has 7 nitrogen and oxygen atoms in total. The highest BCUT2D eigenvalue weighted by molar-refractivity contribution is 7.16. The topological polar surface area (TPSA) is 84.3 Å². The molecule has 1 aromatic carbocycles. The van der Waals surface area contributed by atoms with E-state index in [2.05, 4.69) is 22.4 Å². The van der Waals surface area contributed by atoms with Crippen LogP contribution in [0.4, 0.5) is 0 Å². The van der Waals surface area contributed by atoms with Crippen molar-refractivity contribution in [3.8, 4) is 0 Å². The maximum absolute atomic E-state index is 12.5. The minimum absolute atomic E-state index is 0.122. The zero-order valence-electron chi connectivity index (χ0n) is 16.7. The number of nitrogens with zero attached hydrogens (tertiary/aromatic N) is 3. The SMILES string of the molecule is O=C(CCn1cnc2sccc2c1=O)NCCCC(=O)N1CCc2ccccc2C1. The molecule has 3 heterocycles. The van der Waals surface area contributed by atoms with Gasteiger partial charge in [0.2, 0.25) is 11.8 Å². The molecule has 2 amide bonds. The van der Waals surface area contributed by atoms with Crippen molar-refractivity contribution in [2.45, 2.75) is 38.8 Å². The number of carbonyl (C=O) groups excluding carboxylic acids is 2. The molecule has 0 fully saturated rings. The van der Waals surface area contributed by atoms with Gasteiger partial charge in [0.15, 0.2) is 0 Å². The molecule has 0 aliphatic carbocycles. The lowest BCUT2D eigenvalue weighted by atomic mass is 9.99. The van der Waals surface area contributed by atoms with Gasteiger partial charge in [-0.05, 0) is 35.4 Å². The number of aryl methyl sites for hydroxylation is 1. The molecule has 0 saturated carbocycles. The quantitative estimate of drug-likeness (QED) is 0.590. The Hall–Kier alpha value is -3.00. The van der Waals surface area contributed by atoms with Crippen molar-refractivity contribution in [3.05, 3.63) is 63.5 Å². The van der Waals surface area contributed by atoms with E-state index in [1.54, 1.807) is 6.07 Å². The third-order valence-electron chi connectivity index (χ3n) is 5.40. The summed E-state index contributed by atoms with van der Waals surface area (Å²) in [7, 11) is 0. The van der Waals surface area contributed by atoms with Crippen LogP contribution in [0.5, 0.6) is 0 Å². The monoisotopic (exact) mass is 424 g/mol. The summed E-state index contributed by atoms with van der Waals surface area (Å²) in [4.78, 5) is 43.7. The summed E-state index contributed by atoms with van der Waals surface area (Å²) < 4.78 is 1.46. The molecular weight excluding hydrogens is 400 g/mol. The van der Waals surface area contributed by atoms with Crippen LogP contribution in [0.25, 0.3) is 10.2 Å². The Morgan fingerprint density at radius 3 is 2.83 bits per heavy atom. The second-order valence-electron chi connectivity index (χ2n) is 7.42. The van der Waals surface area contributed by atoms with Crippen molar-refractivity contribution in [2.24, 2.45) is 0 Å². The summed E-state index contributed by atoms with van der Waals surface area (Å²) in [6.07, 6.45) is 3.60. The van der Waals surface area contributed by atoms with Crippen LogP contribution in [0.2, 0.25) is 0 Å². The molecule has 2 aromatic heterocycles. The molecule has 1 aliphatic rings. The Kier molecular flexibility index (Phi) is 6.23. The number of hydrogen-bond acceptors (Lipinski definition) is 5. The van der Waals surface area contributed by atoms with Gasteiger partial charge in [-0.1, -0.05) is 24.3 Å². The first-order valence-electron chi connectivity index (χ1n) is 10.2. The largest absolute Gasteiger partial charge is 0.356 e. The lowest BCUT2D eigenvalue weighted by Crippen LogP contribution is -2.36. The number of hydrogen-bond donors (Lipinski definition) is 1. The summed E-state index contributed by atoms with van der Waals surface area (Å²) >= 11 is 1.42. The minimum atomic E-state index is -0.133. The van der Waals surface area contributed by atoms with E-state index < -0.39 is 0 Å². The molecule has 30 heavy (non-hydrogen) atoms. The normalized spacial score (nSPS) is 13.3. The van der Waals surface area contributed by atoms with Gasteiger partial charge in [0.25, 0.3) is 5.56 Å². The van der Waals surface area contributed by atoms with E-state index in [1.165, 1.54) is 33.4 Å². The first-order chi connectivity index (χ1) is 14.6. The Balaban J connectivity index is 1.17. The van der Waals surface area contributed by atoms with Crippen LogP contribution in [-0.4, -0.2) is 39.4 Å². The zero-order chi connectivity index (χ0) is 20.9. The van der Waals surface area contributed by atoms with Gasteiger partial charge in [0, 0.05) is 39.0 Å². The number of amides is 2. The first kappa shape index (κ1) is 20.3. The zero-order valence-corrected chi connectivity index (χ0v) is 17.5. The van der Waals surface area contributed by atoms with Crippen molar-refractivity contribution in [3.63, 3.8) is 0 Å². The third kappa shape index (κ3) is 4.59. The number of thiophene rings is 1. The predicted molar refractivity (Wildman–Crippen MR) is 116 cm³/mol. The van der Waals surface area contributed by atoms with Gasteiger partial charge < -0.3 is 10.2 Å². The molecule has 0 bridgehead atoms. The average Bonchev–Trinajstić information content (AvgIpc) is 3.25. The Morgan fingerprint density at radius 2 is 1.97 bits per heavy atom. The molecule has 0 spiro atoms. The van der Waals surface area contributed by atoms with E-state index in [0.29, 0.717) is 36.1 Å². The van der Waals surface area contributed by atoms with Crippen LogP contribution in [0.15, 0.2) is 46.8 Å². The van der Waals surface area contributed by atoms with E-state index in [1.807, 2.05) is 22.4 Å². The van der Waals surface area contributed by atoms with Gasteiger partial charge in [0.1, 0.15) is 4.83 Å². The van der Waals surface area contributed by atoms with Crippen LogP contribution in [-0.2, 0) is 29.1 Å². The summed E-state index contributed by atoms with van der Waals surface area (Å²) in [5, 5.41) is 5.25. The Bertz CT molecular complexity index is 1120. The van der Waals surface area contributed by atoms with Gasteiger partial charge in [-0.3, -0.25) is 19.0 Å². The average molecular weight is 425 g/mol. The number of carbonyl (C=O) groups is 2. The molecule has 3 aromatic rings. The van der Waals surface area contributed by atoms with Crippen molar-refractivity contribution in [1.82, 2.24) is 19.8 Å². The number of nitrogens with one attached hydrogen (secondary N) is 1. The highest BCUT2D eigenvalue weighted by Gasteiger charge is 2.19. The van der Waals surface area contributed by atoms with Crippen LogP contribution in [0.3, 0.4) is 0 Å². The summed E-state index contributed by atoms with van der Waals surface area (Å²) in [6.45, 7) is 2.15. The molecule has 4 rings (SSSR count). The number of benzene rings is 1. The second-order valence-corrected chi connectivity index (χ2v) is 8.31. The second kappa shape index (κ2) is 9.21. The van der Waals surface area contributed by atoms with Crippen molar-refractivity contribution < 1.29 is 9.59 Å². The van der Waals surface area contributed by atoms with E-state index in [4.69, 9.17) is 0 Å². The fraction of sp³-hybridized carbons (Fsp3) is 0.364. The van der Waals surface area contributed by atoms with Gasteiger partial charge in [-0.25, -0.2) is 4.98 Å². The molecule has 8 heteroatoms. The van der Waals surface area contributed by atoms with Crippen molar-refractivity contribution in [2.75, 3.05) is 13.1 Å². The van der Waals surface area contributed by atoms with Crippen LogP contribution in [0, 0.1) is 0 Å². The molecule has 1 aliphatic heterocycles. The molecule has 156 valence electrons. The predicted octanol–water partition coefficient (Wildman–Crippen LogP) is 2.33. The van der Waals surface area contributed by atoms with Gasteiger partial charge in [-0.15, -0.1) is 11.3 Å². The number of aromatic nitrogens is 2. The van der Waals surface area contributed by atoms with Crippen LogP contribution >= 0.6 is 11.3 Å². The van der Waals surface area contributed by atoms with Crippen LogP contribution in [0.1, 0.15) is 30.4 Å². The van der Waals surface area contributed by atoms with E-state index >= 15 is 0 Å². The highest BCUT2D eigenvalue weighted by Crippen LogP contribution is 2.19. The summed E-state index contributed by atoms with van der Waals surface area (Å²) in [5.41, 5.74) is 2.42. The summed E-state index contributed by atoms with van der Waals surface area (Å²) in [6, 6.07) is 9.99. The molecular formula is C22H24N4O3S. The number of fused-ring (bicyclic) bond motifs is 2. The van der Waals surface area contributed by atoms with Gasteiger partial charge >= 0.3 is 0 Å². The van der Waals surface area contributed by atoms with Crippen molar-refractivity contribution >= 4 is 33.4 Å². The third-order valence-corrected chi connectivity index (χ3v) is 6.22. The maximum atomic E-state index is 12.5. The highest BCUT2D eigenvalue weighted by atomic mass is 32.1. The number of rotatable bonds is 7. The molecule has 1 N–H and O–H groups in total. The van der Waals surface area contributed by atoms with Gasteiger partial charge in [-0.2, -0.15) is 0 Å². The van der Waals surface area contributed by atoms with Gasteiger partial charge in [0.05, 0.1) is 11.7 Å². The van der Waals surface area contributed by atoms with Crippen LogP contribution < -0.4 is 10.9 Å². The lowest BCUT2D eigenvalue weighted by Gasteiger charge is -2.29. The molecule has 0 saturated heterocycles. The van der Waals surface area contributed by atoms with E-state index in [9.17, 15) is 14.4 Å². The molecule has 0 unspecified atom stereocenters. The minimum Gasteiger partial charge on any atom is -0.356 e.